The summed E-state index contributed by atoms with van der Waals surface area (Å²) in [5.41, 5.74) is 4.97. The summed E-state index contributed by atoms with van der Waals surface area (Å²) in [5, 5.41) is 17.3. The van der Waals surface area contributed by atoms with E-state index < -0.39 is 17.0 Å². The molecule has 0 bridgehead atoms. The van der Waals surface area contributed by atoms with Crippen molar-refractivity contribution in [3.05, 3.63) is 41.3 Å². The fourth-order valence-electron chi connectivity index (χ4n) is 3.16. The average Bonchev–Trinajstić information content (AvgIpc) is 3.02. The SMILES string of the molecule is CC(C)(C)OC(=O)CCC1SC=CC1(C)NC(=O)CNC(=O)c1cccc(NC(=N)N)c1. The normalized spacial score (nSPS) is 19.8. The van der Waals surface area contributed by atoms with Crippen molar-refractivity contribution in [1.29, 1.82) is 5.41 Å². The minimum atomic E-state index is -0.639. The lowest BCUT2D eigenvalue weighted by Gasteiger charge is -2.31. The van der Waals surface area contributed by atoms with Crippen LogP contribution in [-0.2, 0) is 14.3 Å². The predicted octanol–water partition coefficient (Wildman–Crippen LogP) is 2.35. The molecule has 9 nitrogen and oxygen atoms in total. The number of carbonyl (C=O) groups excluding carboxylic acids is 3. The van der Waals surface area contributed by atoms with Crippen LogP contribution in [0.3, 0.4) is 0 Å². The van der Waals surface area contributed by atoms with Crippen molar-refractivity contribution in [2.45, 2.75) is 56.9 Å². The van der Waals surface area contributed by atoms with Gasteiger partial charge in [0.1, 0.15) is 5.60 Å². The number of anilines is 1. The number of benzene rings is 1. The van der Waals surface area contributed by atoms with Gasteiger partial charge in [0, 0.05) is 22.9 Å². The molecule has 1 heterocycles. The largest absolute Gasteiger partial charge is 0.460 e. The van der Waals surface area contributed by atoms with E-state index in [1.54, 1.807) is 36.0 Å². The Morgan fingerprint density at radius 2 is 2.00 bits per heavy atom. The summed E-state index contributed by atoms with van der Waals surface area (Å²) in [5.74, 6) is -1.27. The van der Waals surface area contributed by atoms with Crippen LogP contribution in [0.25, 0.3) is 0 Å². The molecule has 0 aliphatic carbocycles. The maximum absolute atomic E-state index is 12.5. The fourth-order valence-corrected chi connectivity index (χ4v) is 4.38. The molecule has 0 fully saturated rings. The summed E-state index contributed by atoms with van der Waals surface area (Å²) < 4.78 is 5.36. The van der Waals surface area contributed by atoms with Crippen LogP contribution < -0.4 is 21.7 Å². The van der Waals surface area contributed by atoms with E-state index >= 15 is 0 Å². The van der Waals surface area contributed by atoms with Crippen LogP contribution >= 0.6 is 11.8 Å². The highest BCUT2D eigenvalue weighted by Crippen LogP contribution is 2.36. The van der Waals surface area contributed by atoms with Crippen LogP contribution in [-0.4, -0.2) is 46.7 Å². The summed E-state index contributed by atoms with van der Waals surface area (Å²) >= 11 is 1.55. The van der Waals surface area contributed by atoms with Crippen molar-refractivity contribution in [1.82, 2.24) is 10.6 Å². The lowest BCUT2D eigenvalue weighted by Crippen LogP contribution is -2.52. The van der Waals surface area contributed by atoms with Crippen molar-refractivity contribution < 1.29 is 19.1 Å². The molecule has 1 aliphatic heterocycles. The quantitative estimate of drug-likeness (QED) is 0.227. The van der Waals surface area contributed by atoms with Gasteiger partial charge in [-0.05, 0) is 57.7 Å². The molecule has 2 amide bonds. The van der Waals surface area contributed by atoms with Gasteiger partial charge in [-0.2, -0.15) is 0 Å². The van der Waals surface area contributed by atoms with Gasteiger partial charge in [0.15, 0.2) is 5.96 Å². The number of nitrogens with two attached hydrogens (primary N) is 1. The number of thioether (sulfide) groups is 1. The van der Waals surface area contributed by atoms with Gasteiger partial charge in [0.2, 0.25) is 5.91 Å². The lowest BCUT2D eigenvalue weighted by molar-refractivity contribution is -0.154. The van der Waals surface area contributed by atoms with Crippen molar-refractivity contribution in [3.63, 3.8) is 0 Å². The molecule has 2 rings (SSSR count). The first-order valence-corrected chi connectivity index (χ1v) is 11.2. The van der Waals surface area contributed by atoms with Crippen LogP contribution in [0.2, 0.25) is 0 Å². The second-order valence-electron chi connectivity index (χ2n) is 8.69. The number of carbonyl (C=O) groups is 3. The van der Waals surface area contributed by atoms with Crippen LogP contribution in [0, 0.1) is 5.41 Å². The Morgan fingerprint density at radius 1 is 1.28 bits per heavy atom. The van der Waals surface area contributed by atoms with Gasteiger partial charge in [-0.1, -0.05) is 12.1 Å². The van der Waals surface area contributed by atoms with E-state index in [0.29, 0.717) is 17.7 Å². The third-order valence-electron chi connectivity index (χ3n) is 4.58. The van der Waals surface area contributed by atoms with Gasteiger partial charge < -0.3 is 26.4 Å². The van der Waals surface area contributed by atoms with E-state index in [1.165, 1.54) is 0 Å². The third-order valence-corrected chi connectivity index (χ3v) is 5.93. The van der Waals surface area contributed by atoms with Gasteiger partial charge in [0.25, 0.3) is 5.91 Å². The molecular weight excluding hydrogens is 430 g/mol. The molecular formula is C22H31N5O4S. The minimum absolute atomic E-state index is 0.0241. The Balaban J connectivity index is 1.87. The van der Waals surface area contributed by atoms with E-state index in [-0.39, 0.29) is 36.1 Å². The fraction of sp³-hybridized carbons (Fsp3) is 0.455. The molecule has 0 radical (unpaired) electrons. The molecule has 0 saturated carbocycles. The smallest absolute Gasteiger partial charge is 0.306 e. The highest BCUT2D eigenvalue weighted by atomic mass is 32.2. The zero-order valence-electron chi connectivity index (χ0n) is 18.8. The maximum Gasteiger partial charge on any atom is 0.306 e. The average molecular weight is 462 g/mol. The number of esters is 1. The molecule has 0 aromatic heterocycles. The van der Waals surface area contributed by atoms with E-state index in [1.807, 2.05) is 39.2 Å². The third kappa shape index (κ3) is 7.92. The van der Waals surface area contributed by atoms with Crippen LogP contribution in [0.1, 0.15) is 50.9 Å². The zero-order valence-corrected chi connectivity index (χ0v) is 19.6. The number of nitrogens with one attached hydrogen (secondary N) is 4. The summed E-state index contributed by atoms with van der Waals surface area (Å²) in [7, 11) is 0. The second kappa shape index (κ2) is 10.5. The highest BCUT2D eigenvalue weighted by Gasteiger charge is 2.37. The number of ether oxygens (including phenoxy) is 1. The first-order valence-electron chi connectivity index (χ1n) is 10.2. The lowest BCUT2D eigenvalue weighted by atomic mass is 9.94. The zero-order chi connectivity index (χ0) is 23.9. The van der Waals surface area contributed by atoms with E-state index in [4.69, 9.17) is 15.9 Å². The number of rotatable bonds is 8. The van der Waals surface area contributed by atoms with Crippen molar-refractivity contribution in [2.75, 3.05) is 11.9 Å². The van der Waals surface area contributed by atoms with Gasteiger partial charge in [-0.15, -0.1) is 11.8 Å². The van der Waals surface area contributed by atoms with Crippen LogP contribution in [0.15, 0.2) is 35.7 Å². The number of guanidine groups is 1. The Labute approximate surface area is 192 Å². The van der Waals surface area contributed by atoms with Crippen LogP contribution in [0.5, 0.6) is 0 Å². The predicted molar refractivity (Wildman–Crippen MR) is 126 cm³/mol. The molecule has 0 spiro atoms. The molecule has 2 atom stereocenters. The molecule has 0 saturated heterocycles. The van der Waals surface area contributed by atoms with E-state index in [9.17, 15) is 14.4 Å². The number of hydrogen-bond acceptors (Lipinski definition) is 6. The Kier molecular flexibility index (Phi) is 8.31. The summed E-state index contributed by atoms with van der Waals surface area (Å²) in [6, 6.07) is 6.46. The highest BCUT2D eigenvalue weighted by molar-refractivity contribution is 8.03. The summed E-state index contributed by atoms with van der Waals surface area (Å²) in [6.45, 7) is 7.17. The van der Waals surface area contributed by atoms with Gasteiger partial charge >= 0.3 is 5.97 Å². The van der Waals surface area contributed by atoms with Crippen molar-refractivity contribution in [2.24, 2.45) is 5.73 Å². The van der Waals surface area contributed by atoms with Crippen molar-refractivity contribution in [3.8, 4) is 0 Å². The molecule has 2 unspecified atom stereocenters. The topological polar surface area (TPSA) is 146 Å². The molecule has 32 heavy (non-hydrogen) atoms. The first-order chi connectivity index (χ1) is 14.9. The summed E-state index contributed by atoms with van der Waals surface area (Å²) in [6.07, 6.45) is 2.70. The van der Waals surface area contributed by atoms with Gasteiger partial charge in [-0.3, -0.25) is 19.8 Å². The van der Waals surface area contributed by atoms with Gasteiger partial charge in [-0.25, -0.2) is 0 Å². The van der Waals surface area contributed by atoms with E-state index in [0.717, 1.165) is 0 Å². The number of hydrogen-bond donors (Lipinski definition) is 5. The monoisotopic (exact) mass is 461 g/mol. The first kappa shape index (κ1) is 25.3. The second-order valence-corrected chi connectivity index (χ2v) is 9.80. The molecule has 10 heteroatoms. The van der Waals surface area contributed by atoms with Crippen molar-refractivity contribution >= 4 is 41.2 Å². The molecule has 1 aliphatic rings. The standard InChI is InChI=1S/C22H31N5O4S/c1-21(2,3)31-18(29)9-8-16-22(4,10-11-32-16)27-17(28)13-25-19(30)14-6-5-7-15(12-14)26-20(23)24/h5-7,10-12,16H,8-9,13H2,1-4H3,(H,25,30)(H,27,28)(H4,23,24,26). The Bertz CT molecular complexity index is 912. The van der Waals surface area contributed by atoms with Crippen LogP contribution in [0.4, 0.5) is 5.69 Å². The minimum Gasteiger partial charge on any atom is -0.460 e. The molecule has 174 valence electrons. The Morgan fingerprint density at radius 3 is 2.66 bits per heavy atom. The molecule has 1 aromatic rings. The summed E-state index contributed by atoms with van der Waals surface area (Å²) in [4.78, 5) is 36.9. The maximum atomic E-state index is 12.5. The molecule has 6 N–H and O–H groups in total. The number of amides is 2. The Hall–Kier alpha value is -3.01. The molecule has 1 aromatic carbocycles. The van der Waals surface area contributed by atoms with E-state index in [2.05, 4.69) is 16.0 Å². The van der Waals surface area contributed by atoms with Gasteiger partial charge in [0.05, 0.1) is 12.1 Å².